The summed E-state index contributed by atoms with van der Waals surface area (Å²) < 4.78 is 53.3. The quantitative estimate of drug-likeness (QED) is 0.406. The maximum atomic E-state index is 12.0. The number of hydrogen-bond acceptors (Lipinski definition) is 5. The van der Waals surface area contributed by atoms with Crippen LogP contribution in [0.25, 0.3) is 0 Å². The highest BCUT2D eigenvalue weighted by molar-refractivity contribution is 7.90. The normalized spacial score (nSPS) is 23.2. The molecule has 0 aliphatic heterocycles. The van der Waals surface area contributed by atoms with Gasteiger partial charge in [-0.05, 0) is 74.8 Å². The van der Waals surface area contributed by atoms with E-state index in [2.05, 4.69) is 16.4 Å². The second-order valence-corrected chi connectivity index (χ2v) is 14.5. The topological polar surface area (TPSA) is 113 Å². The zero-order valence-electron chi connectivity index (χ0n) is 20.7. The average Bonchev–Trinajstić information content (AvgIpc) is 2.72. The van der Waals surface area contributed by atoms with Gasteiger partial charge in [0.2, 0.25) is 20.0 Å². The summed E-state index contributed by atoms with van der Waals surface area (Å²) in [6.07, 6.45) is 3.59. The third-order valence-corrected chi connectivity index (χ3v) is 10.2. The van der Waals surface area contributed by atoms with Crippen molar-refractivity contribution in [2.75, 3.05) is 18.8 Å². The molecule has 1 atom stereocenters. The van der Waals surface area contributed by atoms with Crippen molar-refractivity contribution in [2.45, 2.75) is 77.6 Å². The SMILES string of the molecule is CC(C)CS(=O)(=O)NCCc1ccc(C2(O)CCC(C(C)CNS(=O)(=O)C(C)C)CC2)cc1. The van der Waals surface area contributed by atoms with Crippen LogP contribution in [0.5, 0.6) is 0 Å². The Hall–Kier alpha value is -1.00. The summed E-state index contributed by atoms with van der Waals surface area (Å²) in [6, 6.07) is 7.80. The lowest BCUT2D eigenvalue weighted by Crippen LogP contribution is -2.38. The Morgan fingerprint density at radius 1 is 0.970 bits per heavy atom. The molecule has 33 heavy (non-hydrogen) atoms. The van der Waals surface area contributed by atoms with Crippen LogP contribution in [-0.2, 0) is 32.1 Å². The largest absolute Gasteiger partial charge is 0.385 e. The van der Waals surface area contributed by atoms with Gasteiger partial charge in [0.05, 0.1) is 16.6 Å². The average molecular weight is 503 g/mol. The van der Waals surface area contributed by atoms with E-state index in [0.29, 0.717) is 38.3 Å². The number of hydrogen-bond donors (Lipinski definition) is 3. The molecular weight excluding hydrogens is 460 g/mol. The van der Waals surface area contributed by atoms with E-state index in [1.54, 1.807) is 13.8 Å². The van der Waals surface area contributed by atoms with Gasteiger partial charge in [-0.15, -0.1) is 0 Å². The van der Waals surface area contributed by atoms with E-state index in [9.17, 15) is 21.9 Å². The molecule has 1 aliphatic rings. The third-order valence-electron chi connectivity index (χ3n) is 6.67. The van der Waals surface area contributed by atoms with Crippen molar-refractivity contribution in [1.82, 2.24) is 9.44 Å². The van der Waals surface area contributed by atoms with E-state index in [1.807, 2.05) is 38.1 Å². The lowest BCUT2D eigenvalue weighted by atomic mass is 9.71. The van der Waals surface area contributed by atoms with Gasteiger partial charge in [-0.3, -0.25) is 0 Å². The first-order valence-electron chi connectivity index (χ1n) is 12.0. The molecule has 1 aliphatic carbocycles. The second kappa shape index (κ2) is 11.6. The fraction of sp³-hybridized carbons (Fsp3) is 0.750. The van der Waals surface area contributed by atoms with E-state index < -0.39 is 30.9 Å². The number of benzene rings is 1. The molecule has 0 amide bonds. The van der Waals surface area contributed by atoms with Crippen LogP contribution < -0.4 is 9.44 Å². The molecule has 0 aromatic heterocycles. The minimum Gasteiger partial charge on any atom is -0.385 e. The third kappa shape index (κ3) is 8.62. The van der Waals surface area contributed by atoms with Crippen LogP contribution in [0.2, 0.25) is 0 Å². The van der Waals surface area contributed by atoms with Crippen molar-refractivity contribution < 1.29 is 21.9 Å². The summed E-state index contributed by atoms with van der Waals surface area (Å²) in [6.45, 7) is 9.96. The Kier molecular flexibility index (Phi) is 9.94. The highest BCUT2D eigenvalue weighted by atomic mass is 32.2. The fourth-order valence-corrected chi connectivity index (χ4v) is 6.62. The molecule has 7 nitrogen and oxygen atoms in total. The summed E-state index contributed by atoms with van der Waals surface area (Å²) in [5.41, 5.74) is 1.04. The lowest BCUT2D eigenvalue weighted by Gasteiger charge is -2.38. The first-order chi connectivity index (χ1) is 15.2. The Morgan fingerprint density at radius 2 is 1.55 bits per heavy atom. The molecule has 2 rings (SSSR count). The van der Waals surface area contributed by atoms with E-state index in [0.717, 1.165) is 24.0 Å². The van der Waals surface area contributed by atoms with E-state index >= 15 is 0 Å². The van der Waals surface area contributed by atoms with Crippen LogP contribution in [0, 0.1) is 17.8 Å². The van der Waals surface area contributed by atoms with E-state index in [4.69, 9.17) is 0 Å². The zero-order chi connectivity index (χ0) is 24.9. The van der Waals surface area contributed by atoms with Gasteiger partial charge in [0, 0.05) is 13.1 Å². The van der Waals surface area contributed by atoms with E-state index in [1.165, 1.54) is 0 Å². The maximum absolute atomic E-state index is 12.0. The van der Waals surface area contributed by atoms with Crippen LogP contribution in [0.4, 0.5) is 0 Å². The number of aliphatic hydroxyl groups is 1. The Balaban J connectivity index is 1.85. The Morgan fingerprint density at radius 3 is 2.06 bits per heavy atom. The predicted molar refractivity (Wildman–Crippen MR) is 134 cm³/mol. The summed E-state index contributed by atoms with van der Waals surface area (Å²) in [7, 11) is -6.50. The van der Waals surface area contributed by atoms with Crippen LogP contribution >= 0.6 is 0 Å². The summed E-state index contributed by atoms with van der Waals surface area (Å²) in [5, 5.41) is 10.8. The smallest absolute Gasteiger partial charge is 0.213 e. The van der Waals surface area contributed by atoms with Crippen molar-refractivity contribution in [2.24, 2.45) is 17.8 Å². The van der Waals surface area contributed by atoms with Crippen LogP contribution in [0.1, 0.15) is 71.4 Å². The molecule has 1 saturated carbocycles. The first kappa shape index (κ1) is 28.2. The molecule has 1 aromatic rings. The molecular formula is C24H42N2O5S2. The molecule has 1 aromatic carbocycles. The minimum atomic E-state index is -3.26. The summed E-state index contributed by atoms with van der Waals surface area (Å²) >= 11 is 0. The van der Waals surface area contributed by atoms with Crippen molar-refractivity contribution in [3.8, 4) is 0 Å². The molecule has 0 spiro atoms. The molecule has 0 heterocycles. The monoisotopic (exact) mass is 502 g/mol. The van der Waals surface area contributed by atoms with E-state index in [-0.39, 0.29) is 17.6 Å². The molecule has 0 saturated heterocycles. The van der Waals surface area contributed by atoms with Crippen LogP contribution in [-0.4, -0.2) is 46.0 Å². The highest BCUT2D eigenvalue weighted by Crippen LogP contribution is 2.41. The molecule has 3 N–H and O–H groups in total. The van der Waals surface area contributed by atoms with Crippen LogP contribution in [0.15, 0.2) is 24.3 Å². The predicted octanol–water partition coefficient (Wildman–Crippen LogP) is 3.15. The van der Waals surface area contributed by atoms with Gasteiger partial charge in [-0.25, -0.2) is 26.3 Å². The number of sulfonamides is 2. The van der Waals surface area contributed by atoms with Crippen molar-refractivity contribution in [3.63, 3.8) is 0 Å². The standard InChI is InChI=1S/C24H42N2O5S2/c1-18(2)17-32(28,29)25-15-12-21-6-8-23(9-7-21)24(27)13-10-22(11-14-24)20(5)16-26-33(30,31)19(3)4/h6-9,18-20,22,25-27H,10-17H2,1-5H3. The van der Waals surface area contributed by atoms with Crippen molar-refractivity contribution >= 4 is 20.0 Å². The second-order valence-electron chi connectivity index (χ2n) is 10.3. The first-order valence-corrected chi connectivity index (χ1v) is 15.2. The van der Waals surface area contributed by atoms with Gasteiger partial charge in [-0.2, -0.15) is 0 Å². The lowest BCUT2D eigenvalue weighted by molar-refractivity contribution is -0.0207. The van der Waals surface area contributed by atoms with Gasteiger partial charge >= 0.3 is 0 Å². The maximum Gasteiger partial charge on any atom is 0.213 e. The molecule has 1 unspecified atom stereocenters. The van der Waals surface area contributed by atoms with Crippen molar-refractivity contribution in [3.05, 3.63) is 35.4 Å². The molecule has 0 bridgehead atoms. The summed E-state index contributed by atoms with van der Waals surface area (Å²) in [5.74, 6) is 0.801. The Labute approximate surface area is 200 Å². The molecule has 0 radical (unpaired) electrons. The number of nitrogens with one attached hydrogen (secondary N) is 2. The molecule has 190 valence electrons. The van der Waals surface area contributed by atoms with Gasteiger partial charge in [-0.1, -0.05) is 45.0 Å². The van der Waals surface area contributed by atoms with Gasteiger partial charge in [0.15, 0.2) is 0 Å². The van der Waals surface area contributed by atoms with Crippen LogP contribution in [0.3, 0.4) is 0 Å². The van der Waals surface area contributed by atoms with Gasteiger partial charge < -0.3 is 5.11 Å². The van der Waals surface area contributed by atoms with Gasteiger partial charge in [0.25, 0.3) is 0 Å². The highest BCUT2D eigenvalue weighted by Gasteiger charge is 2.36. The molecule has 9 heteroatoms. The van der Waals surface area contributed by atoms with Gasteiger partial charge in [0.1, 0.15) is 0 Å². The summed E-state index contributed by atoms with van der Waals surface area (Å²) in [4.78, 5) is 0. The number of rotatable bonds is 12. The minimum absolute atomic E-state index is 0.0879. The fourth-order valence-electron chi connectivity index (χ4n) is 4.39. The van der Waals surface area contributed by atoms with Crippen molar-refractivity contribution in [1.29, 1.82) is 0 Å². The zero-order valence-corrected chi connectivity index (χ0v) is 22.3. The molecule has 1 fully saturated rings. The Bertz CT molecular complexity index is 949.